The smallest absolute Gasteiger partial charge is 0.120 e. The van der Waals surface area contributed by atoms with Crippen molar-refractivity contribution in [2.75, 3.05) is 0 Å². The molecule has 0 radical (unpaired) electrons. The SMILES string of the molecule is CCCCC(N)c1ccco1. The molecule has 2 N–H and O–H groups in total. The third kappa shape index (κ3) is 2.39. The Hall–Kier alpha value is -0.760. The monoisotopic (exact) mass is 153 g/mol. The lowest BCUT2D eigenvalue weighted by Gasteiger charge is -2.06. The molecule has 0 aliphatic rings. The van der Waals surface area contributed by atoms with Crippen molar-refractivity contribution < 1.29 is 4.42 Å². The summed E-state index contributed by atoms with van der Waals surface area (Å²) in [6, 6.07) is 3.89. The highest BCUT2D eigenvalue weighted by Gasteiger charge is 2.06. The zero-order chi connectivity index (χ0) is 8.10. The van der Waals surface area contributed by atoms with Gasteiger partial charge >= 0.3 is 0 Å². The lowest BCUT2D eigenvalue weighted by atomic mass is 10.1. The number of hydrogen-bond donors (Lipinski definition) is 1. The molecule has 0 saturated carbocycles. The van der Waals surface area contributed by atoms with Crippen molar-refractivity contribution in [2.45, 2.75) is 32.2 Å². The molecule has 1 aromatic rings. The van der Waals surface area contributed by atoms with Gasteiger partial charge in [0.2, 0.25) is 0 Å². The maximum atomic E-state index is 5.83. The maximum absolute atomic E-state index is 5.83. The summed E-state index contributed by atoms with van der Waals surface area (Å²) in [6.45, 7) is 2.16. The van der Waals surface area contributed by atoms with Crippen LogP contribution in [-0.2, 0) is 0 Å². The van der Waals surface area contributed by atoms with Crippen molar-refractivity contribution in [2.24, 2.45) is 5.73 Å². The molecule has 0 saturated heterocycles. The topological polar surface area (TPSA) is 39.2 Å². The predicted octanol–water partition coefficient (Wildman–Crippen LogP) is 2.47. The van der Waals surface area contributed by atoms with Gasteiger partial charge in [-0.1, -0.05) is 19.8 Å². The second kappa shape index (κ2) is 4.19. The highest BCUT2D eigenvalue weighted by atomic mass is 16.3. The molecule has 62 valence electrons. The van der Waals surface area contributed by atoms with Crippen LogP contribution in [0.2, 0.25) is 0 Å². The average molecular weight is 153 g/mol. The molecule has 0 aliphatic heterocycles. The average Bonchev–Trinajstić information content (AvgIpc) is 2.52. The van der Waals surface area contributed by atoms with Crippen LogP contribution in [-0.4, -0.2) is 0 Å². The van der Waals surface area contributed by atoms with E-state index in [9.17, 15) is 0 Å². The van der Waals surface area contributed by atoms with Gasteiger partial charge in [-0.05, 0) is 18.6 Å². The van der Waals surface area contributed by atoms with Gasteiger partial charge in [0.1, 0.15) is 5.76 Å². The molecule has 1 unspecified atom stereocenters. The van der Waals surface area contributed by atoms with Crippen LogP contribution < -0.4 is 5.73 Å². The van der Waals surface area contributed by atoms with Gasteiger partial charge in [-0.25, -0.2) is 0 Å². The highest BCUT2D eigenvalue weighted by molar-refractivity contribution is 5.02. The van der Waals surface area contributed by atoms with Gasteiger partial charge in [-0.3, -0.25) is 0 Å². The van der Waals surface area contributed by atoms with Crippen LogP contribution in [0.3, 0.4) is 0 Å². The fraction of sp³-hybridized carbons (Fsp3) is 0.556. The Balaban J connectivity index is 2.36. The van der Waals surface area contributed by atoms with Crippen molar-refractivity contribution in [1.82, 2.24) is 0 Å². The zero-order valence-corrected chi connectivity index (χ0v) is 6.92. The third-order valence-corrected chi connectivity index (χ3v) is 1.78. The number of nitrogens with two attached hydrogens (primary N) is 1. The summed E-state index contributed by atoms with van der Waals surface area (Å²) < 4.78 is 5.17. The first-order valence-electron chi connectivity index (χ1n) is 4.13. The number of furan rings is 1. The molecule has 1 atom stereocenters. The van der Waals surface area contributed by atoms with E-state index >= 15 is 0 Å². The molecular formula is C9H15NO. The fourth-order valence-electron chi connectivity index (χ4n) is 1.07. The van der Waals surface area contributed by atoms with Crippen LogP contribution >= 0.6 is 0 Å². The van der Waals surface area contributed by atoms with Crippen LogP contribution in [0.25, 0.3) is 0 Å². The van der Waals surface area contributed by atoms with Gasteiger partial charge in [0.05, 0.1) is 12.3 Å². The summed E-state index contributed by atoms with van der Waals surface area (Å²) in [5.74, 6) is 0.901. The first kappa shape index (κ1) is 8.34. The molecule has 2 heteroatoms. The Labute approximate surface area is 67.4 Å². The standard InChI is InChI=1S/C9H15NO/c1-2-3-5-8(10)9-6-4-7-11-9/h4,6-8H,2-3,5,10H2,1H3. The van der Waals surface area contributed by atoms with Crippen molar-refractivity contribution in [3.63, 3.8) is 0 Å². The van der Waals surface area contributed by atoms with E-state index in [1.165, 1.54) is 12.8 Å². The maximum Gasteiger partial charge on any atom is 0.120 e. The molecule has 1 rings (SSSR count). The van der Waals surface area contributed by atoms with Gasteiger partial charge in [-0.2, -0.15) is 0 Å². The molecule has 0 fully saturated rings. The quantitative estimate of drug-likeness (QED) is 0.721. The number of rotatable bonds is 4. The van der Waals surface area contributed by atoms with E-state index in [-0.39, 0.29) is 6.04 Å². The van der Waals surface area contributed by atoms with Crippen LogP contribution in [0.5, 0.6) is 0 Å². The fourth-order valence-corrected chi connectivity index (χ4v) is 1.07. The second-order valence-electron chi connectivity index (χ2n) is 2.76. The Kier molecular flexibility index (Phi) is 3.17. The summed E-state index contributed by atoms with van der Waals surface area (Å²) >= 11 is 0. The molecule has 0 aliphatic carbocycles. The minimum Gasteiger partial charge on any atom is -0.468 e. The predicted molar refractivity (Wildman–Crippen MR) is 45.2 cm³/mol. The molecule has 1 heterocycles. The van der Waals surface area contributed by atoms with Crippen LogP contribution in [0.1, 0.15) is 38.0 Å². The van der Waals surface area contributed by atoms with E-state index in [1.54, 1.807) is 6.26 Å². The van der Waals surface area contributed by atoms with Crippen molar-refractivity contribution in [3.8, 4) is 0 Å². The first-order chi connectivity index (χ1) is 5.34. The summed E-state index contributed by atoms with van der Waals surface area (Å²) in [4.78, 5) is 0. The van der Waals surface area contributed by atoms with Crippen LogP contribution in [0.4, 0.5) is 0 Å². The largest absolute Gasteiger partial charge is 0.468 e. The number of unbranched alkanes of at least 4 members (excludes halogenated alkanes) is 1. The minimum atomic E-state index is 0.0879. The number of hydrogen-bond acceptors (Lipinski definition) is 2. The Morgan fingerprint density at radius 3 is 3.00 bits per heavy atom. The normalized spacial score (nSPS) is 13.3. The van der Waals surface area contributed by atoms with E-state index in [4.69, 9.17) is 10.2 Å². The molecule has 0 amide bonds. The highest BCUT2D eigenvalue weighted by Crippen LogP contribution is 2.16. The Morgan fingerprint density at radius 2 is 2.45 bits per heavy atom. The molecule has 0 spiro atoms. The van der Waals surface area contributed by atoms with Gasteiger partial charge in [0.25, 0.3) is 0 Å². The minimum absolute atomic E-state index is 0.0879. The molecule has 0 aromatic carbocycles. The molecule has 0 bridgehead atoms. The lowest BCUT2D eigenvalue weighted by molar-refractivity contribution is 0.444. The molecular weight excluding hydrogens is 138 g/mol. The summed E-state index contributed by atoms with van der Waals surface area (Å²) in [7, 11) is 0. The van der Waals surface area contributed by atoms with Crippen molar-refractivity contribution in [3.05, 3.63) is 24.2 Å². The summed E-state index contributed by atoms with van der Waals surface area (Å²) in [5, 5.41) is 0. The van der Waals surface area contributed by atoms with E-state index in [1.807, 2.05) is 12.1 Å². The van der Waals surface area contributed by atoms with Gasteiger partial charge in [0.15, 0.2) is 0 Å². The Morgan fingerprint density at radius 1 is 1.64 bits per heavy atom. The van der Waals surface area contributed by atoms with Gasteiger partial charge < -0.3 is 10.2 Å². The first-order valence-corrected chi connectivity index (χ1v) is 4.13. The zero-order valence-electron chi connectivity index (χ0n) is 6.92. The summed E-state index contributed by atoms with van der Waals surface area (Å²) in [6.07, 6.45) is 5.04. The van der Waals surface area contributed by atoms with Crippen molar-refractivity contribution >= 4 is 0 Å². The molecule has 11 heavy (non-hydrogen) atoms. The molecule has 2 nitrogen and oxygen atoms in total. The van der Waals surface area contributed by atoms with E-state index in [0.29, 0.717) is 0 Å². The third-order valence-electron chi connectivity index (χ3n) is 1.78. The summed E-state index contributed by atoms with van der Waals surface area (Å²) in [5.41, 5.74) is 5.83. The lowest BCUT2D eigenvalue weighted by Crippen LogP contribution is -2.08. The second-order valence-corrected chi connectivity index (χ2v) is 2.76. The van der Waals surface area contributed by atoms with Crippen LogP contribution in [0.15, 0.2) is 22.8 Å². The Bertz CT molecular complexity index is 181. The van der Waals surface area contributed by atoms with E-state index in [0.717, 1.165) is 12.2 Å². The molecule has 1 aromatic heterocycles. The van der Waals surface area contributed by atoms with Crippen LogP contribution in [0, 0.1) is 0 Å². The van der Waals surface area contributed by atoms with E-state index < -0.39 is 0 Å². The van der Waals surface area contributed by atoms with E-state index in [2.05, 4.69) is 6.92 Å². The van der Waals surface area contributed by atoms with Gasteiger partial charge in [0, 0.05) is 0 Å². The van der Waals surface area contributed by atoms with Gasteiger partial charge in [-0.15, -0.1) is 0 Å². The van der Waals surface area contributed by atoms with Crippen molar-refractivity contribution in [1.29, 1.82) is 0 Å².